The molecule has 19 nitrogen and oxygen atoms in total. The average Bonchev–Trinajstić information content (AvgIpc) is 3.65. The standard InChI is InChI=1S/C44H64FN2O17P3/c1-4-6-8-10-12-14-16-18-41(48)60-36-24-20-34(21-25-36)30-58-67(56,59-31-35-22-26-37(27-23-35)61-42(49)19-17-15-13-11-9-7-5-2)64-66(54,55)63-65(52,53)57-32-39-38(45)28-40(62-39)47-29-33(3)43(50)46-44(47)51/h20-27,29,38-40H,4-19,28,30-32H2,1-3H3,(H,52,53)(H,54,55)(H,46,50,51)/t38-,39+,40+/m0/s1. The molecule has 1 aliphatic heterocycles. The van der Waals surface area contributed by atoms with Crippen LogP contribution in [0.3, 0.4) is 0 Å². The molecule has 0 aliphatic carbocycles. The molecule has 3 N–H and O–H groups in total. The Bertz CT molecular complexity index is 2190. The first kappa shape index (κ1) is 56.0. The molecule has 3 aromatic rings. The fraction of sp³-hybridized carbons (Fsp3) is 0.591. The molecule has 1 fully saturated rings. The van der Waals surface area contributed by atoms with Crippen molar-refractivity contribution in [2.75, 3.05) is 6.61 Å². The van der Waals surface area contributed by atoms with E-state index < -0.39 is 91.4 Å². The zero-order valence-corrected chi connectivity index (χ0v) is 40.9. The summed E-state index contributed by atoms with van der Waals surface area (Å²) in [7, 11) is -16.7. The second-order valence-electron chi connectivity index (χ2n) is 16.2. The summed E-state index contributed by atoms with van der Waals surface area (Å²) in [6.45, 7) is 3.51. The summed E-state index contributed by atoms with van der Waals surface area (Å²) >= 11 is 0. The quantitative estimate of drug-likeness (QED) is 0.0227. The second-order valence-corrected chi connectivity index (χ2v) is 21.1. The minimum atomic E-state index is -5.90. The molecule has 1 aromatic heterocycles. The number of nitrogens with one attached hydrogen (secondary N) is 1. The van der Waals surface area contributed by atoms with Crippen molar-refractivity contribution in [1.82, 2.24) is 9.55 Å². The molecule has 0 saturated carbocycles. The first-order valence-electron chi connectivity index (χ1n) is 22.7. The first-order chi connectivity index (χ1) is 31.9. The lowest BCUT2D eigenvalue weighted by Crippen LogP contribution is -2.33. The number of hydrogen-bond donors (Lipinski definition) is 3. The van der Waals surface area contributed by atoms with Crippen molar-refractivity contribution in [3.63, 3.8) is 0 Å². The number of H-pyrrole nitrogens is 1. The summed E-state index contributed by atoms with van der Waals surface area (Å²) in [6, 6.07) is 11.7. The van der Waals surface area contributed by atoms with E-state index in [1.54, 1.807) is 0 Å². The van der Waals surface area contributed by atoms with Crippen LogP contribution >= 0.6 is 23.5 Å². The van der Waals surface area contributed by atoms with Crippen molar-refractivity contribution in [2.24, 2.45) is 0 Å². The third-order valence-electron chi connectivity index (χ3n) is 10.5. The lowest BCUT2D eigenvalue weighted by Gasteiger charge is -2.22. The Morgan fingerprint density at radius 1 is 0.701 bits per heavy atom. The minimum absolute atomic E-state index is 0.130. The number of nitrogens with zero attached hydrogens (tertiary/aromatic N) is 1. The molecule has 5 atom stereocenters. The van der Waals surface area contributed by atoms with Crippen LogP contribution in [0.15, 0.2) is 64.3 Å². The predicted octanol–water partition coefficient (Wildman–Crippen LogP) is 10.4. The SMILES string of the molecule is CCCCCCCCCC(=O)Oc1ccc(COP(=O)(OCc2ccc(OC(=O)CCCCCCCCC)cc2)OP(=O)(O)OP(=O)(O)OC[C@H]2O[C@@H](n3cc(C)c(=O)[nH]c3=O)C[C@@H]2F)cc1. The predicted molar refractivity (Wildman–Crippen MR) is 244 cm³/mol. The van der Waals surface area contributed by atoms with Crippen LogP contribution in [0.4, 0.5) is 4.39 Å². The maximum atomic E-state index is 14.9. The monoisotopic (exact) mass is 1000 g/mol. The number of ether oxygens (including phenoxy) is 3. The molecule has 23 heteroatoms. The van der Waals surface area contributed by atoms with E-state index in [-0.39, 0.29) is 29.9 Å². The second kappa shape index (κ2) is 28.1. The van der Waals surface area contributed by atoms with Crippen molar-refractivity contribution in [3.8, 4) is 11.5 Å². The van der Waals surface area contributed by atoms with E-state index in [9.17, 15) is 47.1 Å². The van der Waals surface area contributed by atoms with Crippen molar-refractivity contribution in [3.05, 3.63) is 92.3 Å². The van der Waals surface area contributed by atoms with Gasteiger partial charge in [-0.15, -0.1) is 0 Å². The number of hydrogen-bond acceptors (Lipinski definition) is 15. The zero-order valence-electron chi connectivity index (χ0n) is 38.3. The van der Waals surface area contributed by atoms with Gasteiger partial charge in [-0.25, -0.2) is 22.9 Å². The summed E-state index contributed by atoms with van der Waals surface area (Å²) in [5.41, 5.74) is -0.806. The summed E-state index contributed by atoms with van der Waals surface area (Å²) in [5.74, 6) is -0.372. The highest BCUT2D eigenvalue weighted by Crippen LogP contribution is 2.69. The molecular formula is C44H64FN2O17P3. The Labute approximate surface area is 389 Å². The number of rotatable bonds is 32. The molecule has 2 heterocycles. The normalized spacial score (nSPS) is 18.0. The number of aromatic nitrogens is 2. The number of unbranched alkanes of at least 4 members (excludes halogenated alkanes) is 12. The van der Waals surface area contributed by atoms with Gasteiger partial charge in [0, 0.05) is 31.0 Å². The van der Waals surface area contributed by atoms with Crippen molar-refractivity contribution < 1.29 is 73.9 Å². The number of phosphoric ester groups is 2. The molecular weight excluding hydrogens is 940 g/mol. The highest BCUT2D eigenvalue weighted by Gasteiger charge is 2.45. The number of carbonyl (C=O) groups excluding carboxylic acids is 2. The lowest BCUT2D eigenvalue weighted by atomic mass is 10.1. The van der Waals surface area contributed by atoms with Gasteiger partial charge >= 0.3 is 41.1 Å². The maximum absolute atomic E-state index is 14.9. The summed E-state index contributed by atoms with van der Waals surface area (Å²) in [4.78, 5) is 71.8. The number of benzene rings is 2. The number of carbonyl (C=O) groups is 2. The van der Waals surface area contributed by atoms with Gasteiger partial charge in [-0.2, -0.15) is 8.62 Å². The summed E-state index contributed by atoms with van der Waals surface area (Å²) in [5, 5.41) is 0. The molecule has 0 spiro atoms. The van der Waals surface area contributed by atoms with E-state index in [2.05, 4.69) is 23.1 Å². The molecule has 2 unspecified atom stereocenters. The van der Waals surface area contributed by atoms with E-state index in [1.807, 2.05) is 0 Å². The molecule has 1 saturated heterocycles. The van der Waals surface area contributed by atoms with E-state index in [1.165, 1.54) is 81.1 Å². The van der Waals surface area contributed by atoms with Crippen molar-refractivity contribution in [2.45, 2.75) is 162 Å². The number of aryl methyl sites for hydroxylation is 1. The Morgan fingerprint density at radius 3 is 1.64 bits per heavy atom. The van der Waals surface area contributed by atoms with Crippen LogP contribution in [0.1, 0.15) is 146 Å². The number of phosphoric acid groups is 3. The van der Waals surface area contributed by atoms with Crippen LogP contribution in [0.25, 0.3) is 0 Å². The van der Waals surface area contributed by atoms with Gasteiger partial charge in [0.05, 0.1) is 19.8 Å². The van der Waals surface area contributed by atoms with Gasteiger partial charge in [0.15, 0.2) is 0 Å². The van der Waals surface area contributed by atoms with Crippen LogP contribution in [0, 0.1) is 6.92 Å². The topological polar surface area (TPSA) is 255 Å². The first-order valence-corrected chi connectivity index (χ1v) is 27.2. The van der Waals surface area contributed by atoms with E-state index in [0.29, 0.717) is 24.0 Å². The number of alkyl halides is 1. The average molecular weight is 1000 g/mol. The fourth-order valence-electron chi connectivity index (χ4n) is 6.79. The molecule has 2 aromatic carbocycles. The largest absolute Gasteiger partial charge is 0.490 e. The molecule has 1 aliphatic rings. The van der Waals surface area contributed by atoms with Crippen LogP contribution in [-0.2, 0) is 63.4 Å². The zero-order chi connectivity index (χ0) is 48.9. The van der Waals surface area contributed by atoms with Gasteiger partial charge in [-0.3, -0.25) is 37.5 Å². The Hall–Kier alpha value is -3.64. The smallest absolute Gasteiger partial charge is 0.427 e. The van der Waals surface area contributed by atoms with Crippen LogP contribution < -0.4 is 20.7 Å². The Balaban J connectivity index is 1.36. The molecule has 4 rings (SSSR count). The number of halogens is 1. The minimum Gasteiger partial charge on any atom is -0.427 e. The van der Waals surface area contributed by atoms with Crippen molar-refractivity contribution in [1.29, 1.82) is 0 Å². The van der Waals surface area contributed by atoms with Gasteiger partial charge in [0.2, 0.25) is 0 Å². The molecule has 0 radical (unpaired) electrons. The van der Waals surface area contributed by atoms with Gasteiger partial charge < -0.3 is 24.0 Å². The highest BCUT2D eigenvalue weighted by atomic mass is 31.3. The van der Waals surface area contributed by atoms with Gasteiger partial charge in [0.1, 0.15) is 30.0 Å². The Kier molecular flexibility index (Phi) is 23.5. The molecule has 67 heavy (non-hydrogen) atoms. The third kappa shape index (κ3) is 20.9. The van der Waals surface area contributed by atoms with Crippen LogP contribution in [0.2, 0.25) is 0 Å². The molecule has 0 amide bonds. The van der Waals surface area contributed by atoms with Crippen molar-refractivity contribution >= 4 is 35.4 Å². The fourth-order valence-corrected chi connectivity index (χ4v) is 10.8. The maximum Gasteiger partial charge on any atom is 0.490 e. The molecule has 0 bridgehead atoms. The van der Waals surface area contributed by atoms with E-state index in [4.69, 9.17) is 32.1 Å². The lowest BCUT2D eigenvalue weighted by molar-refractivity contribution is -0.135. The summed E-state index contributed by atoms with van der Waals surface area (Å²) < 4.78 is 96.8. The third-order valence-corrected chi connectivity index (χ3v) is 15.1. The Morgan fingerprint density at radius 2 is 1.16 bits per heavy atom. The van der Waals surface area contributed by atoms with Gasteiger partial charge in [-0.1, -0.05) is 115 Å². The summed E-state index contributed by atoms with van der Waals surface area (Å²) in [6.07, 6.45) is 11.1. The number of esters is 2. The number of aromatic amines is 1. The van der Waals surface area contributed by atoms with Crippen LogP contribution in [0.5, 0.6) is 11.5 Å². The van der Waals surface area contributed by atoms with E-state index in [0.717, 1.165) is 62.1 Å². The van der Waals surface area contributed by atoms with Gasteiger partial charge in [-0.05, 0) is 55.2 Å². The molecule has 374 valence electrons. The highest BCUT2D eigenvalue weighted by molar-refractivity contribution is 7.67. The van der Waals surface area contributed by atoms with Gasteiger partial charge in [0.25, 0.3) is 5.56 Å². The van der Waals surface area contributed by atoms with E-state index >= 15 is 0 Å². The van der Waals surface area contributed by atoms with Crippen LogP contribution in [-0.4, -0.2) is 50.2 Å².